The Hall–Kier alpha value is -2.36. The quantitative estimate of drug-likeness (QED) is 0.643. The second-order valence-electron chi connectivity index (χ2n) is 4.38. The van der Waals surface area contributed by atoms with E-state index in [9.17, 15) is 0 Å². The van der Waals surface area contributed by atoms with E-state index < -0.39 is 0 Å². The molecule has 0 bridgehead atoms. The van der Waals surface area contributed by atoms with Crippen LogP contribution in [0.1, 0.15) is 0 Å². The Bertz CT molecular complexity index is 759. The van der Waals surface area contributed by atoms with Gasteiger partial charge in [-0.15, -0.1) is 0 Å². The molecular weight excluding hydrogens is 226 g/mol. The highest BCUT2D eigenvalue weighted by Crippen LogP contribution is 2.40. The molecule has 0 atom stereocenters. The maximum atomic E-state index is 6.18. The zero-order valence-electron chi connectivity index (χ0n) is 10.4. The fraction of sp³-hybridized carbons (Fsp3) is 0.143. The van der Waals surface area contributed by atoms with Crippen LogP contribution in [0.3, 0.4) is 0 Å². The van der Waals surface area contributed by atoms with E-state index in [-0.39, 0.29) is 0 Å². The van der Waals surface area contributed by atoms with Crippen molar-refractivity contribution in [1.29, 1.82) is 0 Å². The zero-order chi connectivity index (χ0) is 12.9. The maximum absolute atomic E-state index is 6.18. The molecule has 0 spiro atoms. The van der Waals surface area contributed by atoms with E-state index in [0.717, 1.165) is 21.8 Å². The number of fused-ring (bicyclic) bond motifs is 3. The summed E-state index contributed by atoms with van der Waals surface area (Å²) in [6.07, 6.45) is 0. The topological polar surface area (TPSA) is 66.2 Å². The standard InChI is InChI=1S/C14H15N3O/c1-17-10-6-4-3-5-8(10)12-13(16)11(18-2)7-9(15)14(12)17/h3-7H,15-16H2,1-2H3. The van der Waals surface area contributed by atoms with Crippen LogP contribution in [-0.2, 0) is 7.05 Å². The van der Waals surface area contributed by atoms with Crippen molar-refractivity contribution in [3.8, 4) is 5.75 Å². The van der Waals surface area contributed by atoms with Crippen molar-refractivity contribution in [2.24, 2.45) is 7.05 Å². The van der Waals surface area contributed by atoms with Gasteiger partial charge in [0.2, 0.25) is 0 Å². The lowest BCUT2D eigenvalue weighted by molar-refractivity contribution is 0.417. The Labute approximate surface area is 105 Å². The van der Waals surface area contributed by atoms with Crippen LogP contribution in [0.5, 0.6) is 5.75 Å². The fourth-order valence-corrected chi connectivity index (χ4v) is 2.58. The number of para-hydroxylation sites is 1. The summed E-state index contributed by atoms with van der Waals surface area (Å²) in [6.45, 7) is 0. The number of hydrogen-bond donors (Lipinski definition) is 2. The van der Waals surface area contributed by atoms with Gasteiger partial charge in [-0.25, -0.2) is 0 Å². The molecule has 2 aromatic carbocycles. The molecule has 92 valence electrons. The number of anilines is 2. The first kappa shape index (κ1) is 10.8. The van der Waals surface area contributed by atoms with Crippen molar-refractivity contribution in [1.82, 2.24) is 4.57 Å². The van der Waals surface area contributed by atoms with Crippen LogP contribution < -0.4 is 16.2 Å². The van der Waals surface area contributed by atoms with Crippen LogP contribution in [0.2, 0.25) is 0 Å². The molecule has 1 aromatic heterocycles. The van der Waals surface area contributed by atoms with E-state index in [4.69, 9.17) is 16.2 Å². The average Bonchev–Trinajstić information content (AvgIpc) is 2.69. The van der Waals surface area contributed by atoms with E-state index in [1.807, 2.05) is 25.2 Å². The number of ether oxygens (including phenoxy) is 1. The number of rotatable bonds is 1. The van der Waals surface area contributed by atoms with E-state index in [0.29, 0.717) is 17.1 Å². The lowest BCUT2D eigenvalue weighted by Crippen LogP contribution is -1.98. The fourth-order valence-electron chi connectivity index (χ4n) is 2.58. The molecule has 4 N–H and O–H groups in total. The summed E-state index contributed by atoms with van der Waals surface area (Å²) in [5, 5.41) is 2.06. The van der Waals surface area contributed by atoms with Crippen molar-refractivity contribution in [3.05, 3.63) is 30.3 Å². The van der Waals surface area contributed by atoms with Gasteiger partial charge in [-0.05, 0) is 6.07 Å². The molecule has 0 saturated carbocycles. The number of hydrogen-bond acceptors (Lipinski definition) is 3. The molecule has 0 radical (unpaired) electrons. The first-order valence-electron chi connectivity index (χ1n) is 5.74. The van der Waals surface area contributed by atoms with Gasteiger partial charge < -0.3 is 20.8 Å². The molecular formula is C14H15N3O. The summed E-state index contributed by atoms with van der Waals surface area (Å²) >= 11 is 0. The molecule has 1 heterocycles. The second kappa shape index (κ2) is 3.57. The van der Waals surface area contributed by atoms with Gasteiger partial charge in [-0.1, -0.05) is 18.2 Å². The lowest BCUT2D eigenvalue weighted by atomic mass is 10.1. The third kappa shape index (κ3) is 1.20. The molecule has 0 fully saturated rings. The van der Waals surface area contributed by atoms with Gasteiger partial charge in [-0.3, -0.25) is 0 Å². The van der Waals surface area contributed by atoms with Crippen LogP contribution in [0, 0.1) is 0 Å². The van der Waals surface area contributed by atoms with Gasteiger partial charge in [0.25, 0.3) is 0 Å². The van der Waals surface area contributed by atoms with Gasteiger partial charge in [0.1, 0.15) is 5.75 Å². The van der Waals surface area contributed by atoms with Crippen LogP contribution >= 0.6 is 0 Å². The van der Waals surface area contributed by atoms with E-state index in [2.05, 4.69) is 10.6 Å². The summed E-state index contributed by atoms with van der Waals surface area (Å²) in [7, 11) is 3.59. The second-order valence-corrected chi connectivity index (χ2v) is 4.38. The van der Waals surface area contributed by atoms with E-state index in [1.165, 1.54) is 0 Å². The van der Waals surface area contributed by atoms with E-state index in [1.54, 1.807) is 13.2 Å². The molecule has 0 amide bonds. The summed E-state index contributed by atoms with van der Waals surface area (Å²) < 4.78 is 7.34. The predicted molar refractivity (Wildman–Crippen MR) is 75.8 cm³/mol. The molecule has 0 aliphatic heterocycles. The Balaban J connectivity index is 2.64. The molecule has 3 aromatic rings. The average molecular weight is 241 g/mol. The number of aromatic nitrogens is 1. The third-order valence-corrected chi connectivity index (χ3v) is 3.42. The van der Waals surface area contributed by atoms with Crippen molar-refractivity contribution < 1.29 is 4.74 Å². The first-order chi connectivity index (χ1) is 8.65. The monoisotopic (exact) mass is 241 g/mol. The number of aryl methyl sites for hydroxylation is 1. The summed E-state index contributed by atoms with van der Waals surface area (Å²) in [5.74, 6) is 0.622. The normalized spacial score (nSPS) is 11.2. The van der Waals surface area contributed by atoms with Crippen LogP contribution in [0.15, 0.2) is 30.3 Å². The smallest absolute Gasteiger partial charge is 0.144 e. The molecule has 0 saturated heterocycles. The highest BCUT2D eigenvalue weighted by Gasteiger charge is 2.16. The van der Waals surface area contributed by atoms with Crippen LogP contribution in [0.4, 0.5) is 11.4 Å². The molecule has 4 heteroatoms. The Morgan fingerprint density at radius 2 is 1.89 bits per heavy atom. The molecule has 3 rings (SSSR count). The Morgan fingerprint density at radius 1 is 1.17 bits per heavy atom. The third-order valence-electron chi connectivity index (χ3n) is 3.42. The number of methoxy groups -OCH3 is 1. The number of nitrogens with zero attached hydrogens (tertiary/aromatic N) is 1. The highest BCUT2D eigenvalue weighted by molar-refractivity contribution is 6.18. The molecule has 0 unspecified atom stereocenters. The zero-order valence-corrected chi connectivity index (χ0v) is 10.4. The summed E-state index contributed by atoms with van der Waals surface area (Å²) in [4.78, 5) is 0. The minimum Gasteiger partial charge on any atom is -0.494 e. The van der Waals surface area contributed by atoms with Crippen molar-refractivity contribution in [3.63, 3.8) is 0 Å². The highest BCUT2D eigenvalue weighted by atomic mass is 16.5. The molecule has 0 aliphatic rings. The molecule has 0 aliphatic carbocycles. The summed E-state index contributed by atoms with van der Waals surface area (Å²) in [6, 6.07) is 9.88. The number of nitrogens with two attached hydrogens (primary N) is 2. The Morgan fingerprint density at radius 3 is 2.61 bits per heavy atom. The predicted octanol–water partition coefficient (Wildman–Crippen LogP) is 2.50. The SMILES string of the molecule is COc1cc(N)c2c(c1N)c1ccccc1n2C. The molecule has 4 nitrogen and oxygen atoms in total. The van der Waals surface area contributed by atoms with Crippen molar-refractivity contribution in [2.45, 2.75) is 0 Å². The number of nitrogen functional groups attached to an aromatic ring is 2. The summed E-state index contributed by atoms with van der Waals surface area (Å²) in [5.41, 5.74) is 15.7. The Kier molecular flexibility index (Phi) is 2.13. The van der Waals surface area contributed by atoms with Crippen molar-refractivity contribution >= 4 is 33.2 Å². The van der Waals surface area contributed by atoms with Crippen LogP contribution in [0.25, 0.3) is 21.8 Å². The molecule has 18 heavy (non-hydrogen) atoms. The van der Waals surface area contributed by atoms with Gasteiger partial charge in [-0.2, -0.15) is 0 Å². The minimum absolute atomic E-state index is 0.622. The first-order valence-corrected chi connectivity index (χ1v) is 5.74. The number of benzene rings is 2. The lowest BCUT2D eigenvalue weighted by Gasteiger charge is -2.09. The maximum Gasteiger partial charge on any atom is 0.144 e. The van der Waals surface area contributed by atoms with Gasteiger partial charge in [0, 0.05) is 29.4 Å². The minimum atomic E-state index is 0.622. The van der Waals surface area contributed by atoms with Crippen LogP contribution in [-0.4, -0.2) is 11.7 Å². The largest absolute Gasteiger partial charge is 0.494 e. The van der Waals surface area contributed by atoms with Crippen molar-refractivity contribution in [2.75, 3.05) is 18.6 Å². The van der Waals surface area contributed by atoms with Gasteiger partial charge >= 0.3 is 0 Å². The van der Waals surface area contributed by atoms with Gasteiger partial charge in [0.15, 0.2) is 0 Å². The van der Waals surface area contributed by atoms with E-state index >= 15 is 0 Å². The van der Waals surface area contributed by atoms with Gasteiger partial charge in [0.05, 0.1) is 24.0 Å².